The molecular formula is C10H14N2S. The monoisotopic (exact) mass is 194 g/mol. The smallest absolute Gasteiger partial charge is 0.0354 e. The van der Waals surface area contributed by atoms with Crippen LogP contribution in [-0.4, -0.2) is 18.3 Å². The Balaban J connectivity index is 2.14. The van der Waals surface area contributed by atoms with Crippen molar-refractivity contribution in [1.82, 2.24) is 5.32 Å². The molecule has 1 saturated heterocycles. The maximum Gasteiger partial charge on any atom is 0.0354 e. The van der Waals surface area contributed by atoms with Gasteiger partial charge < -0.3 is 11.1 Å². The van der Waals surface area contributed by atoms with E-state index in [1.165, 1.54) is 10.5 Å². The highest BCUT2D eigenvalue weighted by Crippen LogP contribution is 2.30. The van der Waals surface area contributed by atoms with Crippen molar-refractivity contribution < 1.29 is 0 Å². The Bertz CT molecular complexity index is 308. The quantitative estimate of drug-likeness (QED) is 0.703. The average Bonchev–Trinajstić information content (AvgIpc) is 2.04. The van der Waals surface area contributed by atoms with Crippen LogP contribution in [0.25, 0.3) is 0 Å². The third kappa shape index (κ3) is 1.81. The molecule has 1 heterocycles. The molecule has 0 atom stereocenters. The third-order valence-corrected chi connectivity index (χ3v) is 3.73. The molecule has 0 radical (unpaired) electrons. The van der Waals surface area contributed by atoms with Crippen molar-refractivity contribution in [2.75, 3.05) is 18.8 Å². The highest BCUT2D eigenvalue weighted by Gasteiger charge is 2.18. The predicted molar refractivity (Wildman–Crippen MR) is 58.1 cm³/mol. The second-order valence-corrected chi connectivity index (χ2v) is 4.71. The lowest BCUT2D eigenvalue weighted by molar-refractivity contribution is 0.543. The van der Waals surface area contributed by atoms with Gasteiger partial charge >= 0.3 is 0 Å². The van der Waals surface area contributed by atoms with Gasteiger partial charge in [0.25, 0.3) is 0 Å². The zero-order chi connectivity index (χ0) is 9.26. The minimum atomic E-state index is 0.737. The molecule has 0 bridgehead atoms. The fourth-order valence-electron chi connectivity index (χ4n) is 1.28. The topological polar surface area (TPSA) is 38.0 Å². The van der Waals surface area contributed by atoms with E-state index in [1.807, 2.05) is 23.9 Å². The number of thioether (sulfide) groups is 1. The Morgan fingerprint density at radius 1 is 1.46 bits per heavy atom. The van der Waals surface area contributed by atoms with E-state index < -0.39 is 0 Å². The van der Waals surface area contributed by atoms with Crippen LogP contribution < -0.4 is 11.1 Å². The zero-order valence-corrected chi connectivity index (χ0v) is 8.53. The van der Waals surface area contributed by atoms with Gasteiger partial charge in [-0.25, -0.2) is 0 Å². The molecule has 0 aliphatic carbocycles. The lowest BCUT2D eigenvalue weighted by Gasteiger charge is -2.27. The summed E-state index contributed by atoms with van der Waals surface area (Å²) in [6.45, 7) is 4.33. The molecule has 1 aromatic rings. The number of hydrogen-bond donors (Lipinski definition) is 2. The summed E-state index contributed by atoms with van der Waals surface area (Å²) in [6.07, 6.45) is 0. The first kappa shape index (κ1) is 8.91. The number of nitrogens with two attached hydrogens (primary N) is 1. The van der Waals surface area contributed by atoms with Gasteiger partial charge in [-0.05, 0) is 24.6 Å². The van der Waals surface area contributed by atoms with E-state index in [0.29, 0.717) is 0 Å². The molecule has 1 aromatic carbocycles. The normalized spacial score (nSPS) is 17.0. The van der Waals surface area contributed by atoms with Crippen LogP contribution in [0.15, 0.2) is 23.1 Å². The Morgan fingerprint density at radius 2 is 2.23 bits per heavy atom. The molecule has 3 N–H and O–H groups in total. The first-order valence-electron chi connectivity index (χ1n) is 4.50. The highest BCUT2D eigenvalue weighted by molar-refractivity contribution is 8.00. The summed E-state index contributed by atoms with van der Waals surface area (Å²) in [5, 5.41) is 4.00. The molecule has 0 saturated carbocycles. The number of hydrogen-bond acceptors (Lipinski definition) is 3. The molecule has 1 fully saturated rings. The van der Waals surface area contributed by atoms with Crippen molar-refractivity contribution in [1.29, 1.82) is 0 Å². The number of rotatable bonds is 2. The summed E-state index contributed by atoms with van der Waals surface area (Å²) < 4.78 is 0. The maximum atomic E-state index is 5.83. The standard InChI is InChI=1S/C10H14N2S/c1-7-9(11)3-2-4-10(7)13-8-5-12-6-8/h2-4,8,12H,5-6,11H2,1H3. The summed E-state index contributed by atoms with van der Waals surface area (Å²) in [5.74, 6) is 0. The molecule has 2 rings (SSSR count). The lowest BCUT2D eigenvalue weighted by atomic mass is 10.2. The van der Waals surface area contributed by atoms with Crippen LogP contribution in [0.1, 0.15) is 5.56 Å². The zero-order valence-electron chi connectivity index (χ0n) is 7.71. The Hall–Kier alpha value is -0.670. The first-order valence-corrected chi connectivity index (χ1v) is 5.38. The largest absolute Gasteiger partial charge is 0.398 e. The van der Waals surface area contributed by atoms with Gasteiger partial charge in [0.05, 0.1) is 0 Å². The summed E-state index contributed by atoms with van der Waals surface area (Å²) in [4.78, 5) is 1.33. The van der Waals surface area contributed by atoms with Crippen LogP contribution in [0.5, 0.6) is 0 Å². The van der Waals surface area contributed by atoms with Crippen LogP contribution in [0, 0.1) is 6.92 Å². The lowest BCUT2D eigenvalue weighted by Crippen LogP contribution is -2.44. The van der Waals surface area contributed by atoms with E-state index in [4.69, 9.17) is 5.73 Å². The predicted octanol–water partition coefficient (Wildman–Crippen LogP) is 1.64. The Morgan fingerprint density at radius 3 is 2.85 bits per heavy atom. The Kier molecular flexibility index (Phi) is 2.47. The SMILES string of the molecule is Cc1c(N)cccc1SC1CNC1. The van der Waals surface area contributed by atoms with Gasteiger partial charge in [-0.3, -0.25) is 0 Å². The number of nitrogen functional groups attached to an aromatic ring is 1. The van der Waals surface area contributed by atoms with Crippen molar-refractivity contribution in [2.45, 2.75) is 17.1 Å². The van der Waals surface area contributed by atoms with Gasteiger partial charge in [0.15, 0.2) is 0 Å². The van der Waals surface area contributed by atoms with Gasteiger partial charge in [-0.1, -0.05) is 6.07 Å². The van der Waals surface area contributed by atoms with Gasteiger partial charge in [0.2, 0.25) is 0 Å². The molecule has 0 spiro atoms. The summed E-state index contributed by atoms with van der Waals surface area (Å²) in [7, 11) is 0. The number of anilines is 1. The second-order valence-electron chi connectivity index (χ2n) is 3.37. The highest BCUT2D eigenvalue weighted by atomic mass is 32.2. The van der Waals surface area contributed by atoms with Gasteiger partial charge in [-0.15, -0.1) is 11.8 Å². The van der Waals surface area contributed by atoms with Crippen molar-refractivity contribution in [3.8, 4) is 0 Å². The number of benzene rings is 1. The van der Waals surface area contributed by atoms with Crippen LogP contribution in [0.3, 0.4) is 0 Å². The van der Waals surface area contributed by atoms with Crippen LogP contribution in [0.2, 0.25) is 0 Å². The first-order chi connectivity index (χ1) is 6.27. The fourth-order valence-corrected chi connectivity index (χ4v) is 2.50. The minimum absolute atomic E-state index is 0.737. The van der Waals surface area contributed by atoms with E-state index in [-0.39, 0.29) is 0 Å². The molecule has 13 heavy (non-hydrogen) atoms. The summed E-state index contributed by atoms with van der Waals surface area (Å²) >= 11 is 1.93. The van der Waals surface area contributed by atoms with Gasteiger partial charge in [-0.2, -0.15) is 0 Å². The average molecular weight is 194 g/mol. The molecule has 1 aliphatic rings. The third-order valence-electron chi connectivity index (χ3n) is 2.36. The van der Waals surface area contributed by atoms with Gasteiger partial charge in [0, 0.05) is 28.9 Å². The van der Waals surface area contributed by atoms with Crippen LogP contribution >= 0.6 is 11.8 Å². The molecule has 0 amide bonds. The Labute approximate surface area is 82.9 Å². The molecule has 0 unspecified atom stereocenters. The van der Waals surface area contributed by atoms with Crippen molar-refractivity contribution in [2.24, 2.45) is 0 Å². The second kappa shape index (κ2) is 3.60. The van der Waals surface area contributed by atoms with Crippen LogP contribution in [0.4, 0.5) is 5.69 Å². The molecule has 3 heteroatoms. The van der Waals surface area contributed by atoms with Crippen molar-refractivity contribution >= 4 is 17.4 Å². The minimum Gasteiger partial charge on any atom is -0.398 e. The van der Waals surface area contributed by atoms with E-state index in [2.05, 4.69) is 18.3 Å². The molecular weight excluding hydrogens is 180 g/mol. The van der Waals surface area contributed by atoms with E-state index in [1.54, 1.807) is 0 Å². The maximum absolute atomic E-state index is 5.83. The van der Waals surface area contributed by atoms with Crippen molar-refractivity contribution in [3.05, 3.63) is 23.8 Å². The van der Waals surface area contributed by atoms with Crippen molar-refractivity contribution in [3.63, 3.8) is 0 Å². The fraction of sp³-hybridized carbons (Fsp3) is 0.400. The van der Waals surface area contributed by atoms with E-state index in [0.717, 1.165) is 24.0 Å². The number of nitrogens with one attached hydrogen (secondary N) is 1. The van der Waals surface area contributed by atoms with Gasteiger partial charge in [0.1, 0.15) is 0 Å². The molecule has 1 aliphatic heterocycles. The molecule has 2 nitrogen and oxygen atoms in total. The molecule has 0 aromatic heterocycles. The molecule has 70 valence electrons. The summed E-state index contributed by atoms with van der Waals surface area (Å²) in [6, 6.07) is 6.13. The van der Waals surface area contributed by atoms with Crippen LogP contribution in [-0.2, 0) is 0 Å². The summed E-state index contributed by atoms with van der Waals surface area (Å²) in [5.41, 5.74) is 7.95. The van der Waals surface area contributed by atoms with E-state index >= 15 is 0 Å². The van der Waals surface area contributed by atoms with E-state index in [9.17, 15) is 0 Å².